The molecule has 3 N–H and O–H groups in total. The summed E-state index contributed by atoms with van der Waals surface area (Å²) in [6.07, 6.45) is 2.57. The van der Waals surface area contributed by atoms with Gasteiger partial charge in [0.2, 0.25) is 0 Å². The molecule has 46 valence electrons. The van der Waals surface area contributed by atoms with Crippen LogP contribution in [0.2, 0.25) is 0 Å². The molecule has 0 heterocycles. The van der Waals surface area contributed by atoms with E-state index >= 15 is 0 Å². The lowest BCUT2D eigenvalue weighted by molar-refractivity contribution is 0.284. The van der Waals surface area contributed by atoms with E-state index in [4.69, 9.17) is 10.6 Å². The van der Waals surface area contributed by atoms with Crippen LogP contribution in [0.25, 0.3) is 0 Å². The Hall–Kier alpha value is -0.350. The van der Waals surface area contributed by atoms with Crippen LogP contribution in [0.1, 0.15) is 12.8 Å². The summed E-state index contributed by atoms with van der Waals surface area (Å²) in [4.78, 5) is 0. The molecule has 1 rings (SSSR count). The van der Waals surface area contributed by atoms with Crippen molar-refractivity contribution >= 4 is 17.4 Å². The van der Waals surface area contributed by atoms with E-state index in [9.17, 15) is 0 Å². The second-order valence-electron chi connectivity index (χ2n) is 1.75. The first kappa shape index (κ1) is 5.78. The highest BCUT2D eigenvalue weighted by Gasteiger charge is 2.23. The third-order valence-electron chi connectivity index (χ3n) is 0.916. The molecule has 1 fully saturated rings. The molecular formula is C4H8N2OS. The molecule has 4 heteroatoms. The lowest BCUT2D eigenvalue weighted by atomic mass is 10.8. The van der Waals surface area contributed by atoms with Gasteiger partial charge in [-0.15, -0.1) is 0 Å². The Bertz CT molecular complexity index is 102. The maximum atomic E-state index is 5.01. The molecule has 0 aliphatic heterocycles. The van der Waals surface area contributed by atoms with Gasteiger partial charge in [-0.1, -0.05) is 0 Å². The van der Waals surface area contributed by atoms with E-state index in [1.165, 1.54) is 0 Å². The van der Waals surface area contributed by atoms with Crippen molar-refractivity contribution in [2.45, 2.75) is 18.9 Å². The predicted octanol–water partition coefficient (Wildman–Crippen LogP) is -0.0864. The fraction of sp³-hybridized carbons (Fsp3) is 0.750. The standard InChI is InChI=1S/C4H8N2OS/c5-6-4(8)7-3-1-2-3/h3H,1-2,5H2,(H,6,8). The van der Waals surface area contributed by atoms with Gasteiger partial charge in [0, 0.05) is 0 Å². The number of hydrogen-bond donors (Lipinski definition) is 2. The Morgan fingerprint density at radius 2 is 2.38 bits per heavy atom. The molecule has 0 unspecified atom stereocenters. The zero-order valence-electron chi connectivity index (χ0n) is 4.39. The molecule has 0 aromatic rings. The molecule has 8 heavy (non-hydrogen) atoms. The minimum absolute atomic E-state index is 0.299. The zero-order valence-corrected chi connectivity index (χ0v) is 5.20. The van der Waals surface area contributed by atoms with Gasteiger partial charge in [-0.25, -0.2) is 5.84 Å². The Morgan fingerprint density at radius 3 is 2.75 bits per heavy atom. The van der Waals surface area contributed by atoms with Crippen molar-refractivity contribution in [3.05, 3.63) is 0 Å². The molecule has 1 saturated carbocycles. The van der Waals surface area contributed by atoms with E-state index < -0.39 is 0 Å². The van der Waals surface area contributed by atoms with Crippen LogP contribution in [0.5, 0.6) is 0 Å². The van der Waals surface area contributed by atoms with Crippen molar-refractivity contribution in [2.24, 2.45) is 5.84 Å². The van der Waals surface area contributed by atoms with Crippen molar-refractivity contribution in [1.29, 1.82) is 0 Å². The van der Waals surface area contributed by atoms with Gasteiger partial charge < -0.3 is 4.74 Å². The number of rotatable bonds is 1. The largest absolute Gasteiger partial charge is 0.467 e. The average molecular weight is 132 g/mol. The van der Waals surface area contributed by atoms with Gasteiger partial charge >= 0.3 is 0 Å². The van der Waals surface area contributed by atoms with E-state index in [-0.39, 0.29) is 0 Å². The normalized spacial score (nSPS) is 17.6. The van der Waals surface area contributed by atoms with Crippen LogP contribution >= 0.6 is 12.2 Å². The third kappa shape index (κ3) is 1.63. The molecule has 0 atom stereocenters. The second kappa shape index (κ2) is 2.28. The minimum atomic E-state index is 0.299. The molecule has 0 aromatic carbocycles. The zero-order chi connectivity index (χ0) is 5.98. The Morgan fingerprint density at radius 1 is 1.75 bits per heavy atom. The first-order chi connectivity index (χ1) is 3.83. The molecule has 0 bridgehead atoms. The van der Waals surface area contributed by atoms with Gasteiger partial charge in [0.1, 0.15) is 6.10 Å². The third-order valence-corrected chi connectivity index (χ3v) is 1.13. The lowest BCUT2D eigenvalue weighted by Gasteiger charge is -2.01. The molecule has 0 spiro atoms. The number of nitrogens with one attached hydrogen (secondary N) is 1. The monoisotopic (exact) mass is 132 g/mol. The molecule has 0 saturated heterocycles. The van der Waals surface area contributed by atoms with E-state index in [1.54, 1.807) is 0 Å². The number of hydrazine groups is 1. The Kier molecular flexibility index (Phi) is 1.65. The Balaban J connectivity index is 2.07. The van der Waals surface area contributed by atoms with Gasteiger partial charge in [0.05, 0.1) is 0 Å². The van der Waals surface area contributed by atoms with Crippen molar-refractivity contribution < 1.29 is 4.74 Å². The molecule has 1 aliphatic rings. The van der Waals surface area contributed by atoms with Crippen LogP contribution in [0, 0.1) is 0 Å². The summed E-state index contributed by atoms with van der Waals surface area (Å²) in [6.45, 7) is 0. The topological polar surface area (TPSA) is 47.3 Å². The summed E-state index contributed by atoms with van der Waals surface area (Å²) < 4.78 is 5.01. The fourth-order valence-electron chi connectivity index (χ4n) is 0.371. The number of nitrogens with two attached hydrogens (primary N) is 1. The fourth-order valence-corrected chi connectivity index (χ4v) is 0.507. The number of hydrogen-bond acceptors (Lipinski definition) is 3. The molecule has 1 aliphatic carbocycles. The van der Waals surface area contributed by atoms with Crippen molar-refractivity contribution in [2.75, 3.05) is 0 Å². The maximum Gasteiger partial charge on any atom is 0.271 e. The minimum Gasteiger partial charge on any atom is -0.467 e. The molecule has 3 nitrogen and oxygen atoms in total. The SMILES string of the molecule is NNC(=S)OC1CC1. The maximum absolute atomic E-state index is 5.01. The molecule has 0 aromatic heterocycles. The highest BCUT2D eigenvalue weighted by atomic mass is 32.1. The Labute approximate surface area is 53.2 Å². The van der Waals surface area contributed by atoms with Crippen LogP contribution in [0.3, 0.4) is 0 Å². The van der Waals surface area contributed by atoms with Crippen LogP contribution < -0.4 is 11.3 Å². The van der Waals surface area contributed by atoms with E-state index in [1.807, 2.05) is 0 Å². The van der Waals surface area contributed by atoms with Crippen LogP contribution in [-0.2, 0) is 4.74 Å². The predicted molar refractivity (Wildman–Crippen MR) is 34.0 cm³/mol. The van der Waals surface area contributed by atoms with E-state index in [0.29, 0.717) is 11.3 Å². The molecular weight excluding hydrogens is 124 g/mol. The van der Waals surface area contributed by atoms with Gasteiger partial charge in [0.25, 0.3) is 5.17 Å². The molecule has 0 radical (unpaired) electrons. The van der Waals surface area contributed by atoms with Gasteiger partial charge in [-0.2, -0.15) is 0 Å². The van der Waals surface area contributed by atoms with Crippen molar-refractivity contribution in [1.82, 2.24) is 5.43 Å². The average Bonchev–Trinajstić information content (AvgIpc) is 2.50. The first-order valence-corrected chi connectivity index (χ1v) is 2.91. The van der Waals surface area contributed by atoms with E-state index in [0.717, 1.165) is 12.8 Å². The molecule has 0 amide bonds. The summed E-state index contributed by atoms with van der Waals surface area (Å²) in [5.41, 5.74) is 2.25. The highest BCUT2D eigenvalue weighted by molar-refractivity contribution is 7.80. The van der Waals surface area contributed by atoms with Gasteiger partial charge in [0.15, 0.2) is 0 Å². The first-order valence-electron chi connectivity index (χ1n) is 2.50. The quantitative estimate of drug-likeness (QED) is 0.297. The van der Waals surface area contributed by atoms with Crippen molar-refractivity contribution in [3.63, 3.8) is 0 Å². The van der Waals surface area contributed by atoms with Crippen molar-refractivity contribution in [3.8, 4) is 0 Å². The van der Waals surface area contributed by atoms with Gasteiger partial charge in [-0.3, -0.25) is 5.43 Å². The summed E-state index contributed by atoms with van der Waals surface area (Å²) in [7, 11) is 0. The van der Waals surface area contributed by atoms with Gasteiger partial charge in [-0.05, 0) is 25.1 Å². The van der Waals surface area contributed by atoms with Crippen LogP contribution in [0.4, 0.5) is 0 Å². The summed E-state index contributed by atoms with van der Waals surface area (Å²) in [5.74, 6) is 4.93. The van der Waals surface area contributed by atoms with E-state index in [2.05, 4.69) is 17.6 Å². The smallest absolute Gasteiger partial charge is 0.271 e. The van der Waals surface area contributed by atoms with Crippen LogP contribution in [0.15, 0.2) is 0 Å². The summed E-state index contributed by atoms with van der Waals surface area (Å²) >= 11 is 4.61. The second-order valence-corrected chi connectivity index (χ2v) is 2.12. The summed E-state index contributed by atoms with van der Waals surface area (Å²) in [6, 6.07) is 0. The number of ether oxygens (including phenoxy) is 1. The number of thiocarbonyl (C=S) groups is 1. The lowest BCUT2D eigenvalue weighted by Crippen LogP contribution is -2.30. The summed E-state index contributed by atoms with van der Waals surface area (Å²) in [5, 5.41) is 0.299. The van der Waals surface area contributed by atoms with Crippen LogP contribution in [-0.4, -0.2) is 11.3 Å². The highest BCUT2D eigenvalue weighted by Crippen LogP contribution is 2.23.